The quantitative estimate of drug-likeness (QED) is 0.360. The molecule has 156 valence electrons. The monoisotopic (exact) mass is 434 g/mol. The number of rotatable bonds is 9. The molecule has 2 rings (SSSR count). The summed E-state index contributed by atoms with van der Waals surface area (Å²) in [6.45, 7) is 19.5. The van der Waals surface area contributed by atoms with E-state index < -0.39 is 24.5 Å². The number of halogens is 1. The summed E-state index contributed by atoms with van der Waals surface area (Å²) in [6, 6.07) is 16.3. The third-order valence-electron chi connectivity index (χ3n) is 5.77. The van der Waals surface area contributed by atoms with Crippen molar-refractivity contribution in [1.82, 2.24) is 0 Å². The Balaban J connectivity index is 2.38. The van der Waals surface area contributed by atoms with Crippen LogP contribution in [0.3, 0.4) is 0 Å². The fraction of sp³-hybridized carbons (Fsp3) is 0.565. The van der Waals surface area contributed by atoms with Crippen LogP contribution in [0.5, 0.6) is 5.75 Å². The zero-order valence-electron chi connectivity index (χ0n) is 19.2. The van der Waals surface area contributed by atoms with E-state index in [-0.39, 0.29) is 5.82 Å². The molecule has 2 aromatic carbocycles. The summed E-state index contributed by atoms with van der Waals surface area (Å²) in [6.07, 6.45) is 0. The van der Waals surface area contributed by atoms with Crippen molar-refractivity contribution in [2.75, 3.05) is 0 Å². The molecule has 0 aromatic heterocycles. The van der Waals surface area contributed by atoms with Crippen LogP contribution in [0.15, 0.2) is 36.4 Å². The molecule has 5 heteroatoms. The van der Waals surface area contributed by atoms with Crippen LogP contribution < -0.4 is 4.43 Å². The Hall–Kier alpha value is -0.919. The molecule has 0 bridgehead atoms. The van der Waals surface area contributed by atoms with Crippen molar-refractivity contribution < 1.29 is 8.82 Å². The molecule has 0 unspecified atom stereocenters. The molecular weight excluding hydrogens is 396 g/mol. The van der Waals surface area contributed by atoms with Crippen molar-refractivity contribution in [2.45, 2.75) is 82.8 Å². The molecule has 0 atom stereocenters. The van der Waals surface area contributed by atoms with Crippen molar-refractivity contribution in [3.8, 4) is 5.75 Å². The first-order valence-corrected chi connectivity index (χ1v) is 20.5. The van der Waals surface area contributed by atoms with Crippen LogP contribution in [0.4, 0.5) is 4.39 Å². The minimum atomic E-state index is -1.96. The number of hydrogen-bond donors (Lipinski definition) is 0. The molecule has 0 heterocycles. The summed E-state index contributed by atoms with van der Waals surface area (Å²) >= 11 is 0. The number of benzene rings is 2. The molecule has 1 nitrogen and oxygen atoms in total. The maximum Gasteiger partial charge on any atom is 0.253 e. The minimum absolute atomic E-state index is 0.158. The van der Waals surface area contributed by atoms with Gasteiger partial charge < -0.3 is 4.43 Å². The van der Waals surface area contributed by atoms with Gasteiger partial charge in [0, 0.05) is 21.5 Å². The lowest BCUT2D eigenvalue weighted by Crippen LogP contribution is -2.47. The molecule has 0 saturated carbocycles. The molecule has 0 radical (unpaired) electrons. The zero-order chi connectivity index (χ0) is 21.2. The average molecular weight is 435 g/mol. The average Bonchev–Trinajstić information content (AvgIpc) is 2.56. The van der Waals surface area contributed by atoms with Gasteiger partial charge in [-0.2, -0.15) is 0 Å². The topological polar surface area (TPSA) is 9.23 Å². The summed E-state index contributed by atoms with van der Waals surface area (Å²) in [4.78, 5) is 0. The predicted octanol–water partition coefficient (Wildman–Crippen LogP) is 8.39. The normalized spacial score (nSPS) is 13.4. The highest BCUT2D eigenvalue weighted by Gasteiger charge is 2.42. The summed E-state index contributed by atoms with van der Waals surface area (Å²) in [5, 5.41) is 1.61. The van der Waals surface area contributed by atoms with Gasteiger partial charge in [0.15, 0.2) is 0 Å². The van der Waals surface area contributed by atoms with Crippen LogP contribution in [0.1, 0.15) is 13.8 Å². The van der Waals surface area contributed by atoms with E-state index in [0.717, 1.165) is 11.1 Å². The second-order valence-corrected chi connectivity index (χ2v) is 26.8. The second kappa shape index (κ2) is 8.84. The Morgan fingerprint density at radius 3 is 1.89 bits per heavy atom. The van der Waals surface area contributed by atoms with E-state index >= 15 is 0 Å². The van der Waals surface area contributed by atoms with E-state index in [9.17, 15) is 4.39 Å². The predicted molar refractivity (Wildman–Crippen MR) is 131 cm³/mol. The first-order valence-electron chi connectivity index (χ1n) is 10.7. The third-order valence-corrected chi connectivity index (χ3v) is 15.2. The largest absolute Gasteiger partial charge is 0.543 e. The lowest BCUT2D eigenvalue weighted by Gasteiger charge is -2.38. The molecule has 0 aliphatic carbocycles. The molecule has 0 saturated heterocycles. The zero-order valence-corrected chi connectivity index (χ0v) is 22.2. The van der Waals surface area contributed by atoms with Gasteiger partial charge in [0.1, 0.15) is 11.6 Å². The molecule has 0 fully saturated rings. The molecule has 0 amide bonds. The minimum Gasteiger partial charge on any atom is -0.543 e. The lowest BCUT2D eigenvalue weighted by atomic mass is 10.1. The molecule has 0 N–H and O–H groups in total. The molecular formula is C23H39FOSi3. The van der Waals surface area contributed by atoms with Gasteiger partial charge in [-0.25, -0.2) is 4.39 Å². The number of hydrogen-bond acceptors (Lipinski definition) is 1. The Labute approximate surface area is 174 Å². The van der Waals surface area contributed by atoms with E-state index in [4.69, 9.17) is 4.43 Å². The molecule has 0 aliphatic heterocycles. The first-order chi connectivity index (χ1) is 12.8. The van der Waals surface area contributed by atoms with Crippen molar-refractivity contribution in [1.29, 1.82) is 0 Å². The highest BCUT2D eigenvalue weighted by Crippen LogP contribution is 2.38. The van der Waals surface area contributed by atoms with Gasteiger partial charge in [-0.3, -0.25) is 0 Å². The maximum atomic E-state index is 14.1. The fourth-order valence-electron chi connectivity index (χ4n) is 3.62. The Morgan fingerprint density at radius 1 is 0.821 bits per heavy atom. The Bertz CT molecular complexity index is 773. The summed E-state index contributed by atoms with van der Waals surface area (Å²) < 4.78 is 21.0. The van der Waals surface area contributed by atoms with E-state index in [0.29, 0.717) is 10.9 Å². The van der Waals surface area contributed by atoms with Crippen molar-refractivity contribution in [3.05, 3.63) is 42.2 Å². The Morgan fingerprint density at radius 2 is 1.39 bits per heavy atom. The highest BCUT2D eigenvalue weighted by molar-refractivity contribution is 6.83. The highest BCUT2D eigenvalue weighted by atomic mass is 28.4. The summed E-state index contributed by atoms with van der Waals surface area (Å²) in [5.74, 6) is 0.776. The van der Waals surface area contributed by atoms with Crippen LogP contribution >= 0.6 is 0 Å². The van der Waals surface area contributed by atoms with Crippen molar-refractivity contribution >= 4 is 35.2 Å². The van der Waals surface area contributed by atoms with Gasteiger partial charge >= 0.3 is 0 Å². The molecule has 0 aliphatic rings. The van der Waals surface area contributed by atoms with Gasteiger partial charge in [-0.15, -0.1) is 0 Å². The van der Waals surface area contributed by atoms with E-state index in [1.54, 1.807) is 6.07 Å². The van der Waals surface area contributed by atoms with E-state index in [1.807, 2.05) is 24.3 Å². The van der Waals surface area contributed by atoms with Crippen LogP contribution in [-0.2, 0) is 0 Å². The van der Waals surface area contributed by atoms with Gasteiger partial charge in [-0.1, -0.05) is 77.4 Å². The smallest absolute Gasteiger partial charge is 0.253 e. The lowest BCUT2D eigenvalue weighted by molar-refractivity contribution is 0.515. The third kappa shape index (κ3) is 6.56. The van der Waals surface area contributed by atoms with Gasteiger partial charge in [0.25, 0.3) is 8.32 Å². The van der Waals surface area contributed by atoms with Gasteiger partial charge in [-0.05, 0) is 47.3 Å². The fourth-order valence-corrected chi connectivity index (χ4v) is 15.4. The summed E-state index contributed by atoms with van der Waals surface area (Å²) in [5.41, 5.74) is 0.573. The second-order valence-electron chi connectivity index (χ2n) is 11.1. The van der Waals surface area contributed by atoms with Crippen LogP contribution in [0, 0.1) is 5.82 Å². The van der Waals surface area contributed by atoms with Crippen LogP contribution in [0.2, 0.25) is 69.0 Å². The van der Waals surface area contributed by atoms with Crippen LogP contribution in [-0.4, -0.2) is 24.5 Å². The standard InChI is InChI=1S/C23H39FOSi3/c1-19(2)28(16-14-26(3,4)5,17-15-27(6,7)8)25-21-12-13-22-20(18-21)10-9-11-23(22)24/h9-13,18-19H,14-17H2,1-8H3. The van der Waals surface area contributed by atoms with E-state index in [1.165, 1.54) is 30.2 Å². The van der Waals surface area contributed by atoms with Gasteiger partial charge in [0.05, 0.1) is 0 Å². The SMILES string of the molecule is CC(C)[Si](CC[Si](C)(C)C)(CC[Si](C)(C)C)Oc1ccc2c(F)cccc2c1. The van der Waals surface area contributed by atoms with Gasteiger partial charge in [0.2, 0.25) is 0 Å². The van der Waals surface area contributed by atoms with E-state index in [2.05, 4.69) is 53.1 Å². The number of fused-ring (bicyclic) bond motifs is 1. The molecule has 2 aromatic rings. The first kappa shape index (κ1) is 23.4. The summed E-state index contributed by atoms with van der Waals surface area (Å²) in [7, 11) is -4.24. The van der Waals surface area contributed by atoms with Crippen molar-refractivity contribution in [3.63, 3.8) is 0 Å². The molecule has 0 spiro atoms. The van der Waals surface area contributed by atoms with Crippen molar-refractivity contribution in [2.24, 2.45) is 0 Å². The molecule has 28 heavy (non-hydrogen) atoms. The maximum absolute atomic E-state index is 14.1. The Kier molecular flexibility index (Phi) is 7.37. The van der Waals surface area contributed by atoms with Crippen LogP contribution in [0.25, 0.3) is 10.8 Å².